The molecule has 0 spiro atoms. The van der Waals surface area contributed by atoms with Crippen LogP contribution < -0.4 is 10.2 Å². The summed E-state index contributed by atoms with van der Waals surface area (Å²) in [4.78, 5) is 16.9. The third-order valence-corrected chi connectivity index (χ3v) is 4.07. The summed E-state index contributed by atoms with van der Waals surface area (Å²) in [5.74, 6) is 0.490. The molecule has 1 fully saturated rings. The van der Waals surface area contributed by atoms with Crippen molar-refractivity contribution in [1.29, 1.82) is 0 Å². The SMILES string of the molecule is CN=C(NCc1cc(F)ccc1F)N1CCN(c2ncccn2)CC1. The molecular weight excluding hydrogens is 326 g/mol. The van der Waals surface area contributed by atoms with Crippen molar-refractivity contribution in [3.05, 3.63) is 53.9 Å². The molecule has 2 aromatic rings. The maximum absolute atomic E-state index is 13.7. The van der Waals surface area contributed by atoms with Gasteiger partial charge in [-0.3, -0.25) is 4.99 Å². The average molecular weight is 346 g/mol. The second-order valence-electron chi connectivity index (χ2n) is 5.66. The Hall–Kier alpha value is -2.77. The van der Waals surface area contributed by atoms with E-state index in [1.807, 2.05) is 0 Å². The van der Waals surface area contributed by atoms with Gasteiger partial charge in [-0.1, -0.05) is 0 Å². The van der Waals surface area contributed by atoms with Crippen LogP contribution in [0.5, 0.6) is 0 Å². The van der Waals surface area contributed by atoms with E-state index >= 15 is 0 Å². The predicted molar refractivity (Wildman–Crippen MR) is 92.4 cm³/mol. The highest BCUT2D eigenvalue weighted by Crippen LogP contribution is 2.11. The van der Waals surface area contributed by atoms with Crippen LogP contribution in [0.1, 0.15) is 5.56 Å². The number of piperazine rings is 1. The molecule has 8 heteroatoms. The number of hydrogen-bond acceptors (Lipinski definition) is 4. The lowest BCUT2D eigenvalue weighted by molar-refractivity contribution is 0.369. The van der Waals surface area contributed by atoms with Gasteiger partial charge in [0.05, 0.1) is 0 Å². The Morgan fingerprint density at radius 1 is 1.16 bits per heavy atom. The zero-order valence-electron chi connectivity index (χ0n) is 14.0. The third kappa shape index (κ3) is 4.20. The summed E-state index contributed by atoms with van der Waals surface area (Å²) in [6, 6.07) is 5.23. The van der Waals surface area contributed by atoms with Gasteiger partial charge in [-0.25, -0.2) is 18.7 Å². The Labute approximate surface area is 145 Å². The number of aliphatic imine (C=N–C) groups is 1. The Bertz CT molecular complexity index is 729. The van der Waals surface area contributed by atoms with E-state index in [-0.39, 0.29) is 12.1 Å². The first-order chi connectivity index (χ1) is 12.2. The van der Waals surface area contributed by atoms with E-state index in [0.29, 0.717) is 11.9 Å². The Morgan fingerprint density at radius 2 is 1.88 bits per heavy atom. The van der Waals surface area contributed by atoms with Crippen molar-refractivity contribution in [2.45, 2.75) is 6.54 Å². The maximum atomic E-state index is 13.7. The molecule has 1 saturated heterocycles. The molecule has 0 bridgehead atoms. The first-order valence-corrected chi connectivity index (χ1v) is 8.09. The van der Waals surface area contributed by atoms with E-state index in [2.05, 4.69) is 30.1 Å². The minimum Gasteiger partial charge on any atom is -0.352 e. The van der Waals surface area contributed by atoms with Gasteiger partial charge in [0.2, 0.25) is 5.95 Å². The number of nitrogens with one attached hydrogen (secondary N) is 1. The molecule has 0 atom stereocenters. The van der Waals surface area contributed by atoms with E-state index in [9.17, 15) is 8.78 Å². The molecule has 25 heavy (non-hydrogen) atoms. The average Bonchev–Trinajstić information content (AvgIpc) is 2.66. The highest BCUT2D eigenvalue weighted by atomic mass is 19.1. The molecule has 0 unspecified atom stereocenters. The van der Waals surface area contributed by atoms with Gasteiger partial charge in [0.1, 0.15) is 11.6 Å². The summed E-state index contributed by atoms with van der Waals surface area (Å²) in [6.45, 7) is 3.18. The molecule has 2 heterocycles. The number of anilines is 1. The Kier molecular flexibility index (Phi) is 5.37. The standard InChI is InChI=1S/C17H20F2N6/c1-20-16(23-12-13-11-14(18)3-4-15(13)19)24-7-9-25(10-8-24)17-21-5-2-6-22-17/h2-6,11H,7-10,12H2,1H3,(H,20,23). The highest BCUT2D eigenvalue weighted by Gasteiger charge is 2.21. The zero-order chi connectivity index (χ0) is 17.6. The number of rotatable bonds is 3. The van der Waals surface area contributed by atoms with Gasteiger partial charge in [0.15, 0.2) is 5.96 Å². The molecule has 1 aromatic carbocycles. The molecule has 1 aromatic heterocycles. The fourth-order valence-corrected chi connectivity index (χ4v) is 2.76. The first kappa shape index (κ1) is 17.1. The molecule has 0 saturated carbocycles. The predicted octanol–water partition coefficient (Wildman–Crippen LogP) is 1.65. The molecular formula is C17H20F2N6. The molecule has 6 nitrogen and oxygen atoms in total. The highest BCUT2D eigenvalue weighted by molar-refractivity contribution is 5.80. The number of benzene rings is 1. The van der Waals surface area contributed by atoms with Crippen LogP contribution in [-0.4, -0.2) is 54.1 Å². The van der Waals surface area contributed by atoms with E-state index in [4.69, 9.17) is 0 Å². The molecule has 1 aliphatic heterocycles. The molecule has 0 amide bonds. The van der Waals surface area contributed by atoms with E-state index in [1.54, 1.807) is 25.5 Å². The van der Waals surface area contributed by atoms with Crippen molar-refractivity contribution in [2.75, 3.05) is 38.1 Å². The summed E-state index contributed by atoms with van der Waals surface area (Å²) in [5, 5.41) is 3.10. The summed E-state index contributed by atoms with van der Waals surface area (Å²) in [7, 11) is 1.68. The van der Waals surface area contributed by atoms with E-state index in [0.717, 1.165) is 38.3 Å². The van der Waals surface area contributed by atoms with Gasteiger partial charge in [-0.2, -0.15) is 0 Å². The summed E-state index contributed by atoms with van der Waals surface area (Å²) in [5.41, 5.74) is 0.275. The van der Waals surface area contributed by atoms with Gasteiger partial charge in [-0.15, -0.1) is 0 Å². The van der Waals surface area contributed by atoms with E-state index < -0.39 is 11.6 Å². The molecule has 1 N–H and O–H groups in total. The maximum Gasteiger partial charge on any atom is 0.225 e. The lowest BCUT2D eigenvalue weighted by Gasteiger charge is -2.36. The normalized spacial score (nSPS) is 15.4. The topological polar surface area (TPSA) is 56.7 Å². The third-order valence-electron chi connectivity index (χ3n) is 4.07. The van der Waals surface area contributed by atoms with Crippen molar-refractivity contribution < 1.29 is 8.78 Å². The van der Waals surface area contributed by atoms with Crippen LogP contribution in [0.3, 0.4) is 0 Å². The fourth-order valence-electron chi connectivity index (χ4n) is 2.76. The summed E-state index contributed by atoms with van der Waals surface area (Å²) < 4.78 is 27.0. The van der Waals surface area contributed by atoms with Crippen LogP contribution in [0.15, 0.2) is 41.7 Å². The van der Waals surface area contributed by atoms with Gasteiger partial charge < -0.3 is 15.1 Å². The quantitative estimate of drug-likeness (QED) is 0.677. The largest absolute Gasteiger partial charge is 0.352 e. The van der Waals surface area contributed by atoms with Crippen molar-refractivity contribution >= 4 is 11.9 Å². The zero-order valence-corrected chi connectivity index (χ0v) is 14.0. The fraction of sp³-hybridized carbons (Fsp3) is 0.353. The van der Waals surface area contributed by atoms with Crippen molar-refractivity contribution in [3.8, 4) is 0 Å². The van der Waals surface area contributed by atoms with Crippen molar-refractivity contribution in [3.63, 3.8) is 0 Å². The van der Waals surface area contributed by atoms with Crippen LogP contribution in [-0.2, 0) is 6.54 Å². The minimum absolute atomic E-state index is 0.179. The van der Waals surface area contributed by atoms with Gasteiger partial charge >= 0.3 is 0 Å². The molecule has 132 valence electrons. The second-order valence-corrected chi connectivity index (χ2v) is 5.66. The first-order valence-electron chi connectivity index (χ1n) is 8.09. The smallest absolute Gasteiger partial charge is 0.225 e. The van der Waals surface area contributed by atoms with Crippen LogP contribution in [0.4, 0.5) is 14.7 Å². The monoisotopic (exact) mass is 346 g/mol. The van der Waals surface area contributed by atoms with Crippen LogP contribution in [0.25, 0.3) is 0 Å². The molecule has 0 radical (unpaired) electrons. The van der Waals surface area contributed by atoms with Gasteiger partial charge in [-0.05, 0) is 24.3 Å². The molecule has 1 aliphatic rings. The van der Waals surface area contributed by atoms with Crippen molar-refractivity contribution in [2.24, 2.45) is 4.99 Å². The van der Waals surface area contributed by atoms with Gasteiger partial charge in [0.25, 0.3) is 0 Å². The van der Waals surface area contributed by atoms with Crippen LogP contribution in [0, 0.1) is 11.6 Å². The van der Waals surface area contributed by atoms with Crippen LogP contribution >= 0.6 is 0 Å². The Morgan fingerprint density at radius 3 is 2.56 bits per heavy atom. The molecule has 0 aliphatic carbocycles. The second kappa shape index (κ2) is 7.87. The minimum atomic E-state index is -0.454. The van der Waals surface area contributed by atoms with Gasteiger partial charge in [0, 0.05) is 57.7 Å². The number of aromatic nitrogens is 2. The number of halogens is 2. The lowest BCUT2D eigenvalue weighted by atomic mass is 10.2. The summed E-state index contributed by atoms with van der Waals surface area (Å²) >= 11 is 0. The molecule has 3 rings (SSSR count). The number of guanidine groups is 1. The summed E-state index contributed by atoms with van der Waals surface area (Å²) in [6.07, 6.45) is 3.45. The lowest BCUT2D eigenvalue weighted by Crippen LogP contribution is -2.52. The van der Waals surface area contributed by atoms with Crippen LogP contribution in [0.2, 0.25) is 0 Å². The van der Waals surface area contributed by atoms with E-state index in [1.165, 1.54) is 6.07 Å². The Balaban J connectivity index is 1.57. The number of nitrogens with zero attached hydrogens (tertiary/aromatic N) is 5. The van der Waals surface area contributed by atoms with Crippen molar-refractivity contribution in [1.82, 2.24) is 20.2 Å². The number of hydrogen-bond donors (Lipinski definition) is 1.